The number of carbonyl (C=O) groups excluding carboxylic acids is 2. The molecule has 0 spiro atoms. The minimum atomic E-state index is -0.302. The summed E-state index contributed by atoms with van der Waals surface area (Å²) in [5.74, 6) is 0.261. The Morgan fingerprint density at radius 1 is 0.724 bits per heavy atom. The number of aryl methyl sites for hydroxylation is 2. The van der Waals surface area contributed by atoms with E-state index in [0.29, 0.717) is 11.4 Å². The van der Waals surface area contributed by atoms with Crippen molar-refractivity contribution in [1.29, 1.82) is 0 Å². The second-order valence-electron chi connectivity index (χ2n) is 6.61. The van der Waals surface area contributed by atoms with Crippen molar-refractivity contribution in [3.8, 4) is 0 Å². The highest BCUT2D eigenvalue weighted by Crippen LogP contribution is 2.21. The van der Waals surface area contributed by atoms with Gasteiger partial charge in [-0.2, -0.15) is 0 Å². The summed E-state index contributed by atoms with van der Waals surface area (Å²) in [6.45, 7) is 4.07. The molecule has 0 heterocycles. The monoisotopic (exact) mass is 405 g/mol. The Morgan fingerprint density at radius 2 is 1.34 bits per heavy atom. The van der Waals surface area contributed by atoms with E-state index in [1.54, 1.807) is 0 Å². The van der Waals surface area contributed by atoms with E-state index in [0.717, 1.165) is 21.8 Å². The number of rotatable bonds is 6. The lowest BCUT2D eigenvalue weighted by atomic mass is 10.1. The molecule has 0 aromatic heterocycles. The van der Waals surface area contributed by atoms with E-state index in [9.17, 15) is 9.59 Å². The molecule has 3 aromatic carbocycles. The Morgan fingerprint density at radius 3 is 2.00 bits per heavy atom. The number of anilines is 3. The van der Waals surface area contributed by atoms with Crippen molar-refractivity contribution in [1.82, 2.24) is 0 Å². The quantitative estimate of drug-likeness (QED) is 0.462. The van der Waals surface area contributed by atoms with Gasteiger partial charge in [-0.25, -0.2) is 4.79 Å². The van der Waals surface area contributed by atoms with E-state index in [2.05, 4.69) is 16.0 Å². The van der Waals surface area contributed by atoms with Gasteiger partial charge in [-0.3, -0.25) is 4.79 Å². The van der Waals surface area contributed by atoms with Gasteiger partial charge < -0.3 is 16.0 Å². The van der Waals surface area contributed by atoms with Crippen LogP contribution in [-0.2, 0) is 4.79 Å². The number of amides is 3. The molecule has 3 amide bonds. The zero-order chi connectivity index (χ0) is 20.6. The lowest BCUT2D eigenvalue weighted by molar-refractivity contribution is -0.113. The summed E-state index contributed by atoms with van der Waals surface area (Å²) in [5.41, 5.74) is 4.57. The van der Waals surface area contributed by atoms with E-state index >= 15 is 0 Å². The first kappa shape index (κ1) is 20.5. The number of urea groups is 1. The molecule has 0 bridgehead atoms. The minimum absolute atomic E-state index is 0.0531. The Kier molecular flexibility index (Phi) is 6.92. The molecule has 0 saturated carbocycles. The topological polar surface area (TPSA) is 70.2 Å². The van der Waals surface area contributed by atoms with Crippen molar-refractivity contribution >= 4 is 40.8 Å². The number of para-hydroxylation sites is 1. The maximum absolute atomic E-state index is 12.2. The molecule has 6 heteroatoms. The van der Waals surface area contributed by atoms with Crippen molar-refractivity contribution in [2.24, 2.45) is 0 Å². The first-order chi connectivity index (χ1) is 14.0. The Bertz CT molecular complexity index is 989. The van der Waals surface area contributed by atoms with Crippen molar-refractivity contribution in [2.75, 3.05) is 21.7 Å². The van der Waals surface area contributed by atoms with E-state index in [1.807, 2.05) is 86.6 Å². The maximum atomic E-state index is 12.2. The van der Waals surface area contributed by atoms with Crippen LogP contribution in [-0.4, -0.2) is 17.7 Å². The standard InChI is InChI=1S/C23H23N3O2S/c1-16-8-9-20(14-17(16)2)24-22(27)15-29-21-12-10-19(11-13-21)26-23(28)25-18-6-4-3-5-7-18/h3-14H,15H2,1-2H3,(H,24,27)(H2,25,26,28). The zero-order valence-corrected chi connectivity index (χ0v) is 17.2. The van der Waals surface area contributed by atoms with Crippen LogP contribution in [0.4, 0.5) is 21.9 Å². The molecular weight excluding hydrogens is 382 g/mol. The molecule has 0 radical (unpaired) electrons. The van der Waals surface area contributed by atoms with Gasteiger partial charge in [0.25, 0.3) is 0 Å². The Labute approximate surface area is 174 Å². The van der Waals surface area contributed by atoms with Gasteiger partial charge in [-0.15, -0.1) is 11.8 Å². The van der Waals surface area contributed by atoms with Crippen LogP contribution in [0.25, 0.3) is 0 Å². The van der Waals surface area contributed by atoms with Gasteiger partial charge in [-0.05, 0) is 73.5 Å². The smallest absolute Gasteiger partial charge is 0.323 e. The summed E-state index contributed by atoms with van der Waals surface area (Å²) < 4.78 is 0. The molecule has 0 aliphatic heterocycles. The Hall–Kier alpha value is -3.25. The highest BCUT2D eigenvalue weighted by molar-refractivity contribution is 8.00. The summed E-state index contributed by atoms with van der Waals surface area (Å²) in [6, 6.07) is 22.2. The molecule has 148 valence electrons. The van der Waals surface area contributed by atoms with Crippen molar-refractivity contribution in [2.45, 2.75) is 18.7 Å². The van der Waals surface area contributed by atoms with Crippen LogP contribution >= 0.6 is 11.8 Å². The van der Waals surface area contributed by atoms with E-state index in [4.69, 9.17) is 0 Å². The highest BCUT2D eigenvalue weighted by atomic mass is 32.2. The fourth-order valence-corrected chi connectivity index (χ4v) is 3.31. The van der Waals surface area contributed by atoms with Gasteiger partial charge in [-0.1, -0.05) is 24.3 Å². The molecule has 29 heavy (non-hydrogen) atoms. The van der Waals surface area contributed by atoms with Crippen molar-refractivity contribution in [3.05, 3.63) is 83.9 Å². The van der Waals surface area contributed by atoms with Gasteiger partial charge in [0.1, 0.15) is 0 Å². The van der Waals surface area contributed by atoms with Crippen LogP contribution < -0.4 is 16.0 Å². The third kappa shape index (κ3) is 6.40. The number of hydrogen-bond acceptors (Lipinski definition) is 3. The van der Waals surface area contributed by atoms with Crippen LogP contribution in [0.1, 0.15) is 11.1 Å². The zero-order valence-electron chi connectivity index (χ0n) is 16.4. The number of benzene rings is 3. The number of carbonyl (C=O) groups is 2. The summed E-state index contributed by atoms with van der Waals surface area (Å²) in [7, 11) is 0. The normalized spacial score (nSPS) is 10.3. The van der Waals surface area contributed by atoms with Crippen LogP contribution in [0.15, 0.2) is 77.7 Å². The van der Waals surface area contributed by atoms with Gasteiger partial charge in [0.15, 0.2) is 0 Å². The molecule has 0 unspecified atom stereocenters. The Balaban J connectivity index is 1.46. The van der Waals surface area contributed by atoms with Gasteiger partial charge in [0, 0.05) is 22.0 Å². The van der Waals surface area contributed by atoms with Crippen molar-refractivity contribution in [3.63, 3.8) is 0 Å². The molecule has 0 saturated heterocycles. The second-order valence-corrected chi connectivity index (χ2v) is 7.65. The average molecular weight is 406 g/mol. The van der Waals surface area contributed by atoms with E-state index < -0.39 is 0 Å². The second kappa shape index (κ2) is 9.80. The fourth-order valence-electron chi connectivity index (χ4n) is 2.61. The van der Waals surface area contributed by atoms with Gasteiger partial charge in [0.05, 0.1) is 5.75 Å². The van der Waals surface area contributed by atoms with E-state index in [-0.39, 0.29) is 11.9 Å². The van der Waals surface area contributed by atoms with Gasteiger partial charge in [0.2, 0.25) is 5.91 Å². The first-order valence-corrected chi connectivity index (χ1v) is 10.2. The lowest BCUT2D eigenvalue weighted by Crippen LogP contribution is -2.19. The molecule has 5 nitrogen and oxygen atoms in total. The van der Waals surface area contributed by atoms with Crippen molar-refractivity contribution < 1.29 is 9.59 Å². The molecule has 3 N–H and O–H groups in total. The van der Waals surface area contributed by atoms with Gasteiger partial charge >= 0.3 is 6.03 Å². The minimum Gasteiger partial charge on any atom is -0.325 e. The highest BCUT2D eigenvalue weighted by Gasteiger charge is 2.06. The molecule has 0 atom stereocenters. The van der Waals surface area contributed by atoms with Crippen LogP contribution in [0.3, 0.4) is 0 Å². The largest absolute Gasteiger partial charge is 0.325 e. The lowest BCUT2D eigenvalue weighted by Gasteiger charge is -2.09. The maximum Gasteiger partial charge on any atom is 0.323 e. The predicted molar refractivity (Wildman–Crippen MR) is 121 cm³/mol. The SMILES string of the molecule is Cc1ccc(NC(=O)CSc2ccc(NC(=O)Nc3ccccc3)cc2)cc1C. The molecule has 0 fully saturated rings. The first-order valence-electron chi connectivity index (χ1n) is 9.22. The molecular formula is C23H23N3O2S. The number of hydrogen-bond donors (Lipinski definition) is 3. The summed E-state index contributed by atoms with van der Waals surface area (Å²) >= 11 is 1.44. The fraction of sp³-hybridized carbons (Fsp3) is 0.130. The molecule has 3 rings (SSSR count). The summed E-state index contributed by atoms with van der Waals surface area (Å²) in [6.07, 6.45) is 0. The summed E-state index contributed by atoms with van der Waals surface area (Å²) in [5, 5.41) is 8.47. The third-order valence-electron chi connectivity index (χ3n) is 4.30. The van der Waals surface area contributed by atoms with E-state index in [1.165, 1.54) is 17.3 Å². The van der Waals surface area contributed by atoms with Crippen LogP contribution in [0.5, 0.6) is 0 Å². The number of nitrogens with one attached hydrogen (secondary N) is 3. The molecule has 3 aromatic rings. The molecule has 0 aliphatic rings. The van der Waals surface area contributed by atoms with Crippen LogP contribution in [0, 0.1) is 13.8 Å². The summed E-state index contributed by atoms with van der Waals surface area (Å²) in [4.78, 5) is 25.1. The average Bonchev–Trinajstić information content (AvgIpc) is 2.71. The number of thioether (sulfide) groups is 1. The molecule has 0 aliphatic carbocycles. The van der Waals surface area contributed by atoms with Crippen LogP contribution in [0.2, 0.25) is 0 Å². The predicted octanol–water partition coefficient (Wildman–Crippen LogP) is 5.68. The third-order valence-corrected chi connectivity index (χ3v) is 5.32.